The van der Waals surface area contributed by atoms with Gasteiger partial charge in [0.15, 0.2) is 17.8 Å². The smallest absolute Gasteiger partial charge is 0.280 e. The number of nitrogens with one attached hydrogen (secondary N) is 1. The van der Waals surface area contributed by atoms with Gasteiger partial charge in [0.05, 0.1) is 25.7 Å². The van der Waals surface area contributed by atoms with Crippen LogP contribution in [0.2, 0.25) is 0 Å². The molecular weight excluding hydrogens is 476 g/mol. The van der Waals surface area contributed by atoms with Crippen molar-refractivity contribution in [2.75, 3.05) is 32.3 Å². The molecule has 190 valence electrons. The van der Waals surface area contributed by atoms with Gasteiger partial charge in [0.2, 0.25) is 17.5 Å². The molecule has 0 aliphatic carbocycles. The summed E-state index contributed by atoms with van der Waals surface area (Å²) in [5, 5.41) is 29.5. The summed E-state index contributed by atoms with van der Waals surface area (Å²) in [6, 6.07) is 10.4. The SMILES string of the molecule is N#CCCOCO[C@@H]1[C@H](O)[C@@H](CO)O[C@@]1(C(=O)COc1ccccc1)n1cnc2c(=O)[nH]c(N)nc21. The van der Waals surface area contributed by atoms with Gasteiger partial charge in [-0.25, -0.2) is 4.98 Å². The second-order valence-electron chi connectivity index (χ2n) is 7.81. The Kier molecular flexibility index (Phi) is 7.58. The summed E-state index contributed by atoms with van der Waals surface area (Å²) in [5.41, 5.74) is 2.63. The Morgan fingerprint density at radius 1 is 1.36 bits per heavy atom. The van der Waals surface area contributed by atoms with Crippen LogP contribution in [0.5, 0.6) is 5.75 Å². The summed E-state index contributed by atoms with van der Waals surface area (Å²) in [4.78, 5) is 36.6. The minimum atomic E-state index is -2.18. The van der Waals surface area contributed by atoms with E-state index < -0.39 is 55.4 Å². The lowest BCUT2D eigenvalue weighted by atomic mass is 9.97. The molecule has 0 spiro atoms. The minimum Gasteiger partial charge on any atom is -0.486 e. The number of nitriles is 1. The summed E-state index contributed by atoms with van der Waals surface area (Å²) in [7, 11) is 0. The molecule has 4 atom stereocenters. The molecule has 1 saturated heterocycles. The van der Waals surface area contributed by atoms with Crippen LogP contribution >= 0.6 is 0 Å². The zero-order valence-electron chi connectivity index (χ0n) is 18.9. The average Bonchev–Trinajstić information content (AvgIpc) is 3.42. The number of aromatic amines is 1. The normalized spacial score (nSPS) is 23.5. The Labute approximate surface area is 203 Å². The molecule has 2 aromatic heterocycles. The molecule has 0 radical (unpaired) electrons. The van der Waals surface area contributed by atoms with E-state index in [0.717, 1.165) is 10.9 Å². The summed E-state index contributed by atoms with van der Waals surface area (Å²) in [5.74, 6) is -0.583. The number of fused-ring (bicyclic) bond motifs is 1. The first-order valence-corrected chi connectivity index (χ1v) is 10.9. The second-order valence-corrected chi connectivity index (χ2v) is 7.81. The number of ketones is 1. The number of hydrogen-bond donors (Lipinski definition) is 4. The van der Waals surface area contributed by atoms with Crippen molar-refractivity contribution in [1.29, 1.82) is 5.26 Å². The second kappa shape index (κ2) is 10.8. The van der Waals surface area contributed by atoms with Gasteiger partial charge in [-0.3, -0.25) is 19.1 Å². The number of imidazole rings is 1. The van der Waals surface area contributed by atoms with E-state index in [9.17, 15) is 19.8 Å². The number of hydrogen-bond acceptors (Lipinski definition) is 12. The maximum atomic E-state index is 13.8. The highest BCUT2D eigenvalue weighted by Gasteiger charge is 2.62. The molecule has 1 fully saturated rings. The number of carbonyl (C=O) groups excluding carboxylic acids is 1. The van der Waals surface area contributed by atoms with Gasteiger partial charge in [0.1, 0.15) is 37.2 Å². The molecule has 3 aromatic rings. The third-order valence-electron chi connectivity index (χ3n) is 5.57. The van der Waals surface area contributed by atoms with Crippen LogP contribution in [0.25, 0.3) is 11.2 Å². The zero-order chi connectivity index (χ0) is 25.7. The fourth-order valence-electron chi connectivity index (χ4n) is 3.94. The Morgan fingerprint density at radius 2 is 2.14 bits per heavy atom. The highest BCUT2D eigenvalue weighted by atomic mass is 16.7. The van der Waals surface area contributed by atoms with Crippen molar-refractivity contribution in [3.63, 3.8) is 0 Å². The highest BCUT2D eigenvalue weighted by Crippen LogP contribution is 2.40. The topological polar surface area (TPSA) is 208 Å². The van der Waals surface area contributed by atoms with Crippen molar-refractivity contribution >= 4 is 22.9 Å². The Balaban J connectivity index is 1.78. The Hall–Kier alpha value is -3.87. The molecule has 36 heavy (non-hydrogen) atoms. The molecule has 14 nitrogen and oxygen atoms in total. The first kappa shape index (κ1) is 25.2. The molecule has 1 aliphatic heterocycles. The van der Waals surface area contributed by atoms with Gasteiger partial charge < -0.3 is 34.9 Å². The van der Waals surface area contributed by atoms with Gasteiger partial charge >= 0.3 is 0 Å². The number of aliphatic hydroxyl groups excluding tert-OH is 2. The van der Waals surface area contributed by atoms with Crippen LogP contribution in [0.3, 0.4) is 0 Å². The van der Waals surface area contributed by atoms with E-state index in [1.54, 1.807) is 30.3 Å². The van der Waals surface area contributed by atoms with Crippen molar-refractivity contribution < 1.29 is 34.0 Å². The van der Waals surface area contributed by atoms with Crippen molar-refractivity contribution in [2.24, 2.45) is 0 Å². The van der Waals surface area contributed by atoms with Crippen LogP contribution < -0.4 is 16.0 Å². The zero-order valence-corrected chi connectivity index (χ0v) is 18.9. The Bertz CT molecular complexity index is 1310. The number of nitrogen functional groups attached to an aromatic ring is 1. The molecule has 0 saturated carbocycles. The molecule has 0 unspecified atom stereocenters. The van der Waals surface area contributed by atoms with E-state index in [2.05, 4.69) is 15.0 Å². The number of anilines is 1. The largest absolute Gasteiger partial charge is 0.486 e. The number of Topliss-reactive ketones (excluding diaryl/α,β-unsaturated/α-hetero) is 1. The first-order valence-electron chi connectivity index (χ1n) is 10.9. The molecule has 1 aliphatic rings. The summed E-state index contributed by atoms with van der Waals surface area (Å²) >= 11 is 0. The lowest BCUT2D eigenvalue weighted by Crippen LogP contribution is -2.54. The minimum absolute atomic E-state index is 0.0448. The van der Waals surface area contributed by atoms with Gasteiger partial charge in [-0.05, 0) is 12.1 Å². The Morgan fingerprint density at radius 3 is 2.86 bits per heavy atom. The van der Waals surface area contributed by atoms with E-state index in [1.165, 1.54) is 0 Å². The van der Waals surface area contributed by atoms with E-state index in [0.29, 0.717) is 5.75 Å². The molecular formula is C22H24N6O8. The van der Waals surface area contributed by atoms with E-state index >= 15 is 0 Å². The van der Waals surface area contributed by atoms with Crippen LogP contribution in [-0.2, 0) is 24.7 Å². The molecule has 5 N–H and O–H groups in total. The number of H-pyrrole nitrogens is 1. The number of aromatic nitrogens is 4. The average molecular weight is 500 g/mol. The predicted molar refractivity (Wildman–Crippen MR) is 121 cm³/mol. The molecule has 0 amide bonds. The molecule has 4 rings (SSSR count). The van der Waals surface area contributed by atoms with Crippen molar-refractivity contribution in [2.45, 2.75) is 30.5 Å². The fourth-order valence-corrected chi connectivity index (χ4v) is 3.94. The monoisotopic (exact) mass is 500 g/mol. The van der Waals surface area contributed by atoms with Crippen LogP contribution in [0.1, 0.15) is 6.42 Å². The fraction of sp³-hybridized carbons (Fsp3) is 0.409. The quantitative estimate of drug-likeness (QED) is 0.185. The number of carbonyl (C=O) groups is 1. The van der Waals surface area contributed by atoms with Crippen LogP contribution in [-0.4, -0.2) is 80.4 Å². The number of nitrogens with zero attached hydrogens (tertiary/aromatic N) is 4. The number of nitrogens with two attached hydrogens (primary N) is 1. The number of para-hydroxylation sites is 1. The lowest BCUT2D eigenvalue weighted by molar-refractivity contribution is -0.197. The maximum absolute atomic E-state index is 13.8. The number of benzene rings is 1. The van der Waals surface area contributed by atoms with Crippen molar-refractivity contribution in [1.82, 2.24) is 19.5 Å². The third-order valence-corrected chi connectivity index (χ3v) is 5.57. The summed E-state index contributed by atoms with van der Waals surface area (Å²) in [6.45, 7) is -1.57. The molecule has 0 bridgehead atoms. The van der Waals surface area contributed by atoms with Gasteiger partial charge in [-0.1, -0.05) is 18.2 Å². The van der Waals surface area contributed by atoms with E-state index in [-0.39, 0.29) is 30.1 Å². The van der Waals surface area contributed by atoms with Crippen LogP contribution in [0, 0.1) is 11.3 Å². The lowest BCUT2D eigenvalue weighted by Gasteiger charge is -2.34. The number of rotatable bonds is 11. The molecule has 1 aromatic carbocycles. The van der Waals surface area contributed by atoms with Crippen molar-refractivity contribution in [3.05, 3.63) is 47.0 Å². The van der Waals surface area contributed by atoms with Gasteiger partial charge in [0, 0.05) is 0 Å². The molecule has 14 heteroatoms. The summed E-state index contributed by atoms with van der Waals surface area (Å²) in [6.07, 6.45) is -2.99. The van der Waals surface area contributed by atoms with Gasteiger partial charge in [0.25, 0.3) is 5.56 Å². The first-order chi connectivity index (χ1) is 17.4. The van der Waals surface area contributed by atoms with E-state index in [4.69, 9.17) is 29.9 Å². The van der Waals surface area contributed by atoms with Gasteiger partial charge in [-0.15, -0.1) is 0 Å². The van der Waals surface area contributed by atoms with Crippen LogP contribution in [0.4, 0.5) is 5.95 Å². The standard InChI is InChI=1S/C22H24N6O8/c23-7-4-8-33-12-35-18-17(31)14(9-29)36-22(18,15(30)10-34-13-5-2-1-3-6-13)28-11-25-16-19(28)26-21(24)27-20(16)32/h1-3,5-6,11,14,17-18,29,31H,4,8-10,12H2,(H3,24,26,27,32)/t14-,17-,18-,22-/m1/s1. The van der Waals surface area contributed by atoms with Crippen molar-refractivity contribution in [3.8, 4) is 11.8 Å². The van der Waals surface area contributed by atoms with Crippen LogP contribution in [0.15, 0.2) is 41.5 Å². The highest BCUT2D eigenvalue weighted by molar-refractivity contribution is 5.89. The third kappa shape index (κ3) is 4.65. The predicted octanol–water partition coefficient (Wildman–Crippen LogP) is -0.972. The molecule has 3 heterocycles. The number of ether oxygens (including phenoxy) is 4. The van der Waals surface area contributed by atoms with E-state index in [1.807, 2.05) is 6.07 Å². The number of aliphatic hydroxyl groups is 2. The summed E-state index contributed by atoms with van der Waals surface area (Å²) < 4.78 is 23.7. The maximum Gasteiger partial charge on any atom is 0.280 e. The van der Waals surface area contributed by atoms with Gasteiger partial charge in [-0.2, -0.15) is 10.2 Å².